The van der Waals surface area contributed by atoms with Gasteiger partial charge < -0.3 is 15.2 Å². The van der Waals surface area contributed by atoms with E-state index in [4.69, 9.17) is 11.6 Å². The third-order valence-electron chi connectivity index (χ3n) is 4.41. The number of halogens is 1. The Bertz CT molecular complexity index is 773. The van der Waals surface area contributed by atoms with E-state index >= 15 is 0 Å². The van der Waals surface area contributed by atoms with Crippen LogP contribution in [0.4, 0.5) is 0 Å². The van der Waals surface area contributed by atoms with Gasteiger partial charge in [0.25, 0.3) is 0 Å². The van der Waals surface area contributed by atoms with Crippen LogP contribution < -0.4 is 5.32 Å². The summed E-state index contributed by atoms with van der Waals surface area (Å²) in [4.78, 5) is 33.9. The highest BCUT2D eigenvalue weighted by Gasteiger charge is 2.32. The third kappa shape index (κ3) is 3.24. The van der Waals surface area contributed by atoms with Gasteiger partial charge in [-0.25, -0.2) is 4.98 Å². The highest BCUT2D eigenvalue weighted by atomic mass is 35.5. The molecule has 0 saturated carbocycles. The molecule has 0 spiro atoms. The van der Waals surface area contributed by atoms with Crippen molar-refractivity contribution < 1.29 is 9.59 Å². The smallest absolute Gasteiger partial charge is 0.243 e. The van der Waals surface area contributed by atoms with E-state index in [0.717, 1.165) is 17.5 Å². The number of aromatic nitrogens is 2. The molecule has 1 aliphatic heterocycles. The minimum Gasteiger partial charge on any atom is -0.345 e. The van der Waals surface area contributed by atoms with Crippen molar-refractivity contribution in [3.05, 3.63) is 29.0 Å². The maximum absolute atomic E-state index is 12.6. The lowest BCUT2D eigenvalue weighted by Gasteiger charge is -2.26. The van der Waals surface area contributed by atoms with Crippen LogP contribution in [0.3, 0.4) is 0 Å². The summed E-state index contributed by atoms with van der Waals surface area (Å²) in [5, 5.41) is 3.59. The fourth-order valence-electron chi connectivity index (χ4n) is 3.13. The fraction of sp³-hybridized carbons (Fsp3) is 0.471. The highest BCUT2D eigenvalue weighted by Crippen LogP contribution is 2.21. The molecular formula is C17H21ClN4O2. The largest absolute Gasteiger partial charge is 0.345 e. The van der Waals surface area contributed by atoms with Crippen molar-refractivity contribution in [3.8, 4) is 0 Å². The fourth-order valence-corrected chi connectivity index (χ4v) is 3.30. The lowest BCUT2D eigenvalue weighted by atomic mass is 10.1. The van der Waals surface area contributed by atoms with E-state index in [1.807, 2.05) is 19.9 Å². The van der Waals surface area contributed by atoms with Gasteiger partial charge >= 0.3 is 0 Å². The predicted molar refractivity (Wildman–Crippen MR) is 92.7 cm³/mol. The third-order valence-corrected chi connectivity index (χ3v) is 4.64. The first kappa shape index (κ1) is 16.8. The predicted octanol–water partition coefficient (Wildman–Crippen LogP) is 2.79. The van der Waals surface area contributed by atoms with Crippen molar-refractivity contribution in [2.45, 2.75) is 45.2 Å². The quantitative estimate of drug-likeness (QED) is 0.872. The molecule has 24 heavy (non-hydrogen) atoms. The molecule has 0 aliphatic carbocycles. The van der Waals surface area contributed by atoms with Crippen LogP contribution in [0.15, 0.2) is 18.2 Å². The van der Waals surface area contributed by atoms with E-state index < -0.39 is 6.04 Å². The topological polar surface area (TPSA) is 78.1 Å². The van der Waals surface area contributed by atoms with Crippen LogP contribution in [0.2, 0.25) is 5.02 Å². The van der Waals surface area contributed by atoms with Crippen molar-refractivity contribution in [2.75, 3.05) is 6.54 Å². The lowest BCUT2D eigenvalue weighted by molar-refractivity contribution is -0.137. The molecule has 0 unspecified atom stereocenters. The Hall–Kier alpha value is -2.08. The van der Waals surface area contributed by atoms with Gasteiger partial charge in [0.2, 0.25) is 11.8 Å². The van der Waals surface area contributed by atoms with E-state index in [9.17, 15) is 9.59 Å². The van der Waals surface area contributed by atoms with Crippen molar-refractivity contribution in [2.24, 2.45) is 0 Å². The summed E-state index contributed by atoms with van der Waals surface area (Å²) in [6.07, 6.45) is 1.95. The molecule has 0 bridgehead atoms. The molecule has 1 fully saturated rings. The molecule has 7 heteroatoms. The van der Waals surface area contributed by atoms with Gasteiger partial charge in [0.15, 0.2) is 0 Å². The first-order valence-corrected chi connectivity index (χ1v) is 8.62. The number of amides is 2. The molecule has 0 radical (unpaired) electrons. The Labute approximate surface area is 145 Å². The van der Waals surface area contributed by atoms with Crippen LogP contribution in [-0.4, -0.2) is 39.3 Å². The second kappa shape index (κ2) is 6.81. The van der Waals surface area contributed by atoms with Crippen LogP contribution in [0, 0.1) is 0 Å². The number of carbonyl (C=O) groups excluding carboxylic acids is 2. The van der Waals surface area contributed by atoms with E-state index in [1.54, 1.807) is 17.0 Å². The normalized spacial score (nSPS) is 17.3. The van der Waals surface area contributed by atoms with E-state index in [0.29, 0.717) is 30.2 Å². The summed E-state index contributed by atoms with van der Waals surface area (Å²) in [5.41, 5.74) is 1.64. The second-order valence-electron chi connectivity index (χ2n) is 6.13. The van der Waals surface area contributed by atoms with Crippen molar-refractivity contribution >= 4 is 34.4 Å². The van der Waals surface area contributed by atoms with Gasteiger partial charge in [-0.05, 0) is 38.0 Å². The number of aromatic amines is 1. The Morgan fingerprint density at radius 1 is 1.50 bits per heavy atom. The standard InChI is InChI=1S/C17H21ClN4O2/c1-3-14(22-8-4-5-15(22)23)17(24)19-10(2)16-20-12-7-6-11(18)9-13(12)21-16/h6-7,9-10,14H,3-5,8H2,1-2H3,(H,19,24)(H,20,21)/t10-,14-/m1/s1. The maximum atomic E-state index is 12.6. The summed E-state index contributed by atoms with van der Waals surface area (Å²) < 4.78 is 0. The SMILES string of the molecule is CC[C@H](C(=O)N[C@H](C)c1nc2ccc(Cl)cc2[nH]1)N1CCCC1=O. The van der Waals surface area contributed by atoms with Crippen molar-refractivity contribution in [1.82, 2.24) is 20.2 Å². The van der Waals surface area contributed by atoms with E-state index in [-0.39, 0.29) is 17.9 Å². The summed E-state index contributed by atoms with van der Waals surface area (Å²) in [5.74, 6) is 0.588. The average molecular weight is 349 g/mol. The van der Waals surface area contributed by atoms with Crippen LogP contribution >= 0.6 is 11.6 Å². The molecule has 2 heterocycles. The monoisotopic (exact) mass is 348 g/mol. The Kier molecular flexibility index (Phi) is 4.76. The van der Waals surface area contributed by atoms with Crippen LogP contribution in [-0.2, 0) is 9.59 Å². The number of hydrogen-bond acceptors (Lipinski definition) is 3. The minimum atomic E-state index is -0.415. The van der Waals surface area contributed by atoms with Gasteiger partial charge in [0.05, 0.1) is 17.1 Å². The number of carbonyl (C=O) groups is 2. The zero-order valence-electron chi connectivity index (χ0n) is 13.8. The van der Waals surface area contributed by atoms with E-state index in [1.165, 1.54) is 0 Å². The van der Waals surface area contributed by atoms with Gasteiger partial charge in [0.1, 0.15) is 11.9 Å². The van der Waals surface area contributed by atoms with Gasteiger partial charge in [-0.2, -0.15) is 0 Å². The maximum Gasteiger partial charge on any atom is 0.243 e. The number of hydrogen-bond donors (Lipinski definition) is 2. The molecule has 2 aromatic rings. The molecule has 2 amide bonds. The number of rotatable bonds is 5. The lowest BCUT2D eigenvalue weighted by Crippen LogP contribution is -2.47. The zero-order valence-corrected chi connectivity index (χ0v) is 14.6. The number of nitrogens with one attached hydrogen (secondary N) is 2. The number of nitrogens with zero attached hydrogens (tertiary/aromatic N) is 2. The molecule has 1 aromatic heterocycles. The van der Waals surface area contributed by atoms with Crippen molar-refractivity contribution in [1.29, 1.82) is 0 Å². The summed E-state index contributed by atoms with van der Waals surface area (Å²) >= 11 is 5.98. The minimum absolute atomic E-state index is 0.0584. The van der Waals surface area contributed by atoms with Gasteiger partial charge in [-0.3, -0.25) is 9.59 Å². The number of imidazole rings is 1. The number of likely N-dealkylation sites (tertiary alicyclic amines) is 1. The second-order valence-corrected chi connectivity index (χ2v) is 6.56. The van der Waals surface area contributed by atoms with Crippen LogP contribution in [0.25, 0.3) is 11.0 Å². The van der Waals surface area contributed by atoms with Gasteiger partial charge in [-0.1, -0.05) is 18.5 Å². The molecule has 2 atom stereocenters. The molecule has 3 rings (SSSR count). The molecular weight excluding hydrogens is 328 g/mol. The molecule has 1 aliphatic rings. The van der Waals surface area contributed by atoms with E-state index in [2.05, 4.69) is 15.3 Å². The molecule has 2 N–H and O–H groups in total. The number of H-pyrrole nitrogens is 1. The molecule has 6 nitrogen and oxygen atoms in total. The molecule has 1 saturated heterocycles. The van der Waals surface area contributed by atoms with Crippen LogP contribution in [0.5, 0.6) is 0 Å². The Balaban J connectivity index is 1.73. The number of benzene rings is 1. The Morgan fingerprint density at radius 2 is 2.29 bits per heavy atom. The first-order valence-electron chi connectivity index (χ1n) is 8.24. The van der Waals surface area contributed by atoms with Gasteiger partial charge in [0, 0.05) is 18.0 Å². The summed E-state index contributed by atoms with van der Waals surface area (Å²) in [6, 6.07) is 4.73. The van der Waals surface area contributed by atoms with Crippen molar-refractivity contribution in [3.63, 3.8) is 0 Å². The first-order chi connectivity index (χ1) is 11.5. The number of fused-ring (bicyclic) bond motifs is 1. The molecule has 1 aromatic carbocycles. The summed E-state index contributed by atoms with van der Waals surface area (Å²) in [6.45, 7) is 4.45. The average Bonchev–Trinajstić information content (AvgIpc) is 3.14. The van der Waals surface area contributed by atoms with Gasteiger partial charge in [-0.15, -0.1) is 0 Å². The Morgan fingerprint density at radius 3 is 2.96 bits per heavy atom. The zero-order chi connectivity index (χ0) is 17.3. The summed E-state index contributed by atoms with van der Waals surface area (Å²) in [7, 11) is 0. The van der Waals surface area contributed by atoms with Crippen LogP contribution in [0.1, 0.15) is 45.0 Å². The highest BCUT2D eigenvalue weighted by molar-refractivity contribution is 6.31. The molecule has 128 valence electrons.